The summed E-state index contributed by atoms with van der Waals surface area (Å²) in [6.07, 6.45) is 12.0. The third-order valence-electron chi connectivity index (χ3n) is 12.1. The second kappa shape index (κ2) is 20.6. The van der Waals surface area contributed by atoms with E-state index in [-0.39, 0.29) is 0 Å². The number of rotatable bonds is 15. The fourth-order valence-electron chi connectivity index (χ4n) is 8.99. The summed E-state index contributed by atoms with van der Waals surface area (Å²) in [6, 6.07) is 68.9. The van der Waals surface area contributed by atoms with E-state index in [1.807, 2.05) is 67.6 Å². The molecule has 0 spiro atoms. The summed E-state index contributed by atoms with van der Waals surface area (Å²) >= 11 is 0. The summed E-state index contributed by atoms with van der Waals surface area (Å²) in [5.74, 6) is -0.491. The molecule has 0 bridgehead atoms. The van der Waals surface area contributed by atoms with Crippen molar-refractivity contribution in [1.82, 2.24) is 4.48 Å². The van der Waals surface area contributed by atoms with Crippen LogP contribution in [0.4, 0.5) is 8.63 Å². The number of hydrogen-bond donors (Lipinski definition) is 0. The first-order valence-corrected chi connectivity index (χ1v) is 24.9. The van der Waals surface area contributed by atoms with Gasteiger partial charge in [0.2, 0.25) is 0 Å². The molecule has 2 atom stereocenters. The zero-order valence-electron chi connectivity index (χ0n) is 37.0. The summed E-state index contributed by atoms with van der Waals surface area (Å²) in [7, 11) is -4.54. The largest absolute Gasteiger partial charge is 0.677 e. The van der Waals surface area contributed by atoms with Gasteiger partial charge in [0.25, 0.3) is 0 Å². The minimum absolute atomic E-state index is 0.413. The Bertz CT molecular complexity index is 2970. The Labute approximate surface area is 390 Å². The highest BCUT2D eigenvalue weighted by Crippen LogP contribution is 2.41. The van der Waals surface area contributed by atoms with E-state index in [1.165, 1.54) is 31.0 Å². The van der Waals surface area contributed by atoms with E-state index in [0.29, 0.717) is 11.4 Å². The zero-order chi connectivity index (χ0) is 45.4. The van der Waals surface area contributed by atoms with Crippen LogP contribution in [0, 0.1) is 6.92 Å². The fraction of sp³-hybridized carbons (Fsp3) is 0.0678. The van der Waals surface area contributed by atoms with Crippen LogP contribution < -0.4 is 31.8 Å². The van der Waals surface area contributed by atoms with Gasteiger partial charge in [-0.25, -0.2) is 0 Å². The molecule has 1 aliphatic heterocycles. The smallest absolute Gasteiger partial charge is 0.329 e. The number of allylic oxidation sites excluding steroid dienone is 2. The van der Waals surface area contributed by atoms with Crippen molar-refractivity contribution < 1.29 is 8.63 Å². The molecule has 9 rings (SSSR count). The minimum Gasteiger partial charge on any atom is -0.329 e. The van der Waals surface area contributed by atoms with Gasteiger partial charge in [0.1, 0.15) is 0 Å². The average Bonchev–Trinajstić information content (AvgIpc) is 3.90. The van der Waals surface area contributed by atoms with Crippen LogP contribution in [0.15, 0.2) is 229 Å². The predicted octanol–water partition coefficient (Wildman–Crippen LogP) is 12.5. The van der Waals surface area contributed by atoms with Gasteiger partial charge < -0.3 is 4.48 Å². The summed E-state index contributed by atoms with van der Waals surface area (Å²) < 4.78 is 32.9. The zero-order valence-corrected chi connectivity index (χ0v) is 38.8. The lowest BCUT2D eigenvalue weighted by Gasteiger charge is -2.26. The molecule has 0 amide bonds. The first kappa shape index (κ1) is 44.4. The second-order valence-corrected chi connectivity index (χ2v) is 20.7. The van der Waals surface area contributed by atoms with E-state index in [2.05, 4.69) is 183 Å². The molecule has 0 N–H and O–H groups in total. The van der Waals surface area contributed by atoms with Crippen LogP contribution in [0.1, 0.15) is 52.0 Å². The predicted molar refractivity (Wildman–Crippen MR) is 284 cm³/mol. The van der Waals surface area contributed by atoms with Gasteiger partial charge in [-0.05, 0) is 119 Å². The Morgan fingerprint density at radius 1 is 0.561 bits per heavy atom. The lowest BCUT2D eigenvalue weighted by molar-refractivity contribution is 0.594. The molecule has 0 radical (unpaired) electrons. The van der Waals surface area contributed by atoms with Gasteiger partial charge in [-0.1, -0.05) is 219 Å². The molecule has 0 saturated carbocycles. The van der Waals surface area contributed by atoms with Crippen LogP contribution in [0.3, 0.4) is 0 Å². The van der Waals surface area contributed by atoms with Gasteiger partial charge in [0, 0.05) is 17.3 Å². The Morgan fingerprint density at radius 2 is 1.00 bits per heavy atom. The summed E-state index contributed by atoms with van der Waals surface area (Å²) in [5.41, 5.74) is 7.58. The standard InChI is InChI=1S/C59H49BF2N2P2/c1-4-45-33-35-48(36-34-45)57(58-43(2)41-49(63-58)39-37-46-21-17-19-31-55(46)65(51-23-9-5-10-24-51)52-25-11-6-12-26-52)59-44(3)42-50(64(59)60(61)62)40-38-47-22-18-20-32-56(47)66(53-27-13-7-14-28-53)54-29-15-8-16-30-54/h4-42,57-58H,1H2,2-3H3/b39-37+,40-38-. The quantitative estimate of drug-likeness (QED) is 0.0721. The van der Waals surface area contributed by atoms with E-state index in [1.54, 1.807) is 6.08 Å². The van der Waals surface area contributed by atoms with Crippen molar-refractivity contribution in [2.24, 2.45) is 4.99 Å². The molecule has 8 aromatic rings. The van der Waals surface area contributed by atoms with Gasteiger partial charge in [0.05, 0.1) is 11.8 Å². The maximum atomic E-state index is 15.8. The van der Waals surface area contributed by atoms with Crippen molar-refractivity contribution in [3.8, 4) is 0 Å². The normalized spacial score (nSPS) is 14.2. The number of halogens is 2. The van der Waals surface area contributed by atoms with Crippen LogP contribution in [0.5, 0.6) is 0 Å². The highest BCUT2D eigenvalue weighted by atomic mass is 31.1. The summed E-state index contributed by atoms with van der Waals surface area (Å²) in [4.78, 5) is 5.35. The van der Waals surface area contributed by atoms with Gasteiger partial charge in [-0.2, -0.15) is 0 Å². The Morgan fingerprint density at radius 3 is 1.45 bits per heavy atom. The molecular formula is C59H49BF2N2P2. The monoisotopic (exact) mass is 896 g/mol. The number of aromatic nitrogens is 1. The van der Waals surface area contributed by atoms with Gasteiger partial charge in [0.15, 0.2) is 0 Å². The molecular weight excluding hydrogens is 847 g/mol. The van der Waals surface area contributed by atoms with Crippen LogP contribution in [-0.2, 0) is 0 Å². The highest BCUT2D eigenvalue weighted by molar-refractivity contribution is 7.80. The van der Waals surface area contributed by atoms with Crippen molar-refractivity contribution in [2.75, 3.05) is 0 Å². The van der Waals surface area contributed by atoms with Crippen LogP contribution in [0.25, 0.3) is 24.3 Å². The van der Waals surface area contributed by atoms with Gasteiger partial charge >= 0.3 is 7.40 Å². The average molecular weight is 897 g/mol. The molecule has 2 nitrogen and oxygen atoms in total. The highest BCUT2D eigenvalue weighted by Gasteiger charge is 2.36. The van der Waals surface area contributed by atoms with Crippen molar-refractivity contribution in [2.45, 2.75) is 25.8 Å². The molecule has 7 aromatic carbocycles. The first-order chi connectivity index (χ1) is 32.4. The molecule has 1 aromatic heterocycles. The van der Waals surface area contributed by atoms with E-state index in [0.717, 1.165) is 44.4 Å². The van der Waals surface area contributed by atoms with Crippen LogP contribution in [-0.4, -0.2) is 23.6 Å². The van der Waals surface area contributed by atoms with Crippen molar-refractivity contribution >= 4 is 85.1 Å². The van der Waals surface area contributed by atoms with E-state index < -0.39 is 35.2 Å². The lowest BCUT2D eigenvalue weighted by Crippen LogP contribution is -2.26. The van der Waals surface area contributed by atoms with E-state index in [4.69, 9.17) is 4.99 Å². The third-order valence-corrected chi connectivity index (χ3v) is 17.1. The van der Waals surface area contributed by atoms with Crippen molar-refractivity contribution in [3.63, 3.8) is 0 Å². The lowest BCUT2D eigenvalue weighted by atomic mass is 9.83. The molecule has 2 unspecified atom stereocenters. The number of aliphatic imine (C=N–C) groups is 1. The maximum Gasteiger partial charge on any atom is 0.677 e. The molecule has 0 fully saturated rings. The van der Waals surface area contributed by atoms with E-state index in [9.17, 15) is 0 Å². The topological polar surface area (TPSA) is 17.3 Å². The first-order valence-electron chi connectivity index (χ1n) is 22.2. The van der Waals surface area contributed by atoms with Crippen molar-refractivity contribution in [1.29, 1.82) is 0 Å². The Kier molecular flexibility index (Phi) is 13.9. The number of aryl methyl sites for hydroxylation is 1. The molecule has 66 heavy (non-hydrogen) atoms. The van der Waals surface area contributed by atoms with Crippen molar-refractivity contribution in [3.05, 3.63) is 264 Å². The Hall–Kier alpha value is -6.77. The molecule has 2 heterocycles. The molecule has 0 aliphatic carbocycles. The molecule has 0 saturated heterocycles. The molecule has 1 aliphatic rings. The van der Waals surface area contributed by atoms with Gasteiger partial charge in [-0.15, -0.1) is 0 Å². The molecule has 322 valence electrons. The van der Waals surface area contributed by atoms with E-state index >= 15 is 8.63 Å². The van der Waals surface area contributed by atoms with Crippen LogP contribution in [0.2, 0.25) is 0 Å². The minimum atomic E-state index is -2.79. The van der Waals surface area contributed by atoms with Crippen LogP contribution >= 0.6 is 15.8 Å². The molecule has 7 heteroatoms. The number of nitrogens with zero attached hydrogens (tertiary/aromatic N) is 2. The summed E-state index contributed by atoms with van der Waals surface area (Å²) in [6.45, 7) is 7.98. The SMILES string of the molecule is C=Cc1ccc(C(c2c(C)cc(/C=C\c3ccccc3P(c3ccccc3)c3ccccc3)n2B(F)F)C2N=C(/C=C/c3ccccc3P(c3ccccc3)c3ccccc3)C=C2C)cc1. The number of hydrogen-bond acceptors (Lipinski definition) is 1. The maximum absolute atomic E-state index is 15.8. The fourth-order valence-corrected chi connectivity index (χ4v) is 13.9. The van der Waals surface area contributed by atoms with Gasteiger partial charge in [-0.3, -0.25) is 13.6 Å². The Balaban J connectivity index is 1.10. The second-order valence-electron chi connectivity index (χ2n) is 16.3. The number of benzene rings is 7. The summed E-state index contributed by atoms with van der Waals surface area (Å²) in [5, 5.41) is 7.42. The third kappa shape index (κ3) is 9.61.